The maximum absolute atomic E-state index is 9.69. The van der Waals surface area contributed by atoms with E-state index in [0.29, 0.717) is 17.2 Å². The van der Waals surface area contributed by atoms with Gasteiger partial charge in [0, 0.05) is 24.6 Å². The molecule has 0 amide bonds. The van der Waals surface area contributed by atoms with E-state index in [0.717, 1.165) is 6.42 Å². The predicted molar refractivity (Wildman–Crippen MR) is 55.3 cm³/mol. The van der Waals surface area contributed by atoms with Gasteiger partial charge in [-0.25, -0.2) is 0 Å². The van der Waals surface area contributed by atoms with E-state index < -0.39 is 6.10 Å². The average Bonchev–Trinajstić information content (AvgIpc) is 2.18. The summed E-state index contributed by atoms with van der Waals surface area (Å²) >= 11 is 5.85. The Morgan fingerprint density at radius 3 is 3.07 bits per heavy atom. The molecule has 0 aliphatic heterocycles. The van der Waals surface area contributed by atoms with Gasteiger partial charge in [-0.3, -0.25) is 4.98 Å². The Hall–Kier alpha value is -0.640. The van der Waals surface area contributed by atoms with Crippen molar-refractivity contribution in [3.63, 3.8) is 0 Å². The van der Waals surface area contributed by atoms with Gasteiger partial charge in [0.25, 0.3) is 0 Å². The Morgan fingerprint density at radius 2 is 2.43 bits per heavy atom. The van der Waals surface area contributed by atoms with Crippen LogP contribution < -0.4 is 0 Å². The summed E-state index contributed by atoms with van der Waals surface area (Å²) in [4.78, 5) is 3.84. The molecular formula is C10H14ClNO2. The van der Waals surface area contributed by atoms with Crippen molar-refractivity contribution in [3.05, 3.63) is 29.0 Å². The first-order valence-electron chi connectivity index (χ1n) is 4.61. The summed E-state index contributed by atoms with van der Waals surface area (Å²) in [6.07, 6.45) is 3.39. The SMILES string of the molecule is CCCOCC(O)c1ccncc1Cl. The number of aromatic nitrogens is 1. The second-order valence-electron chi connectivity index (χ2n) is 2.99. The Kier molecular flexibility index (Phi) is 4.87. The number of hydrogen-bond donors (Lipinski definition) is 1. The predicted octanol–water partition coefficient (Wildman–Crippen LogP) is 2.20. The molecule has 4 heteroatoms. The van der Waals surface area contributed by atoms with E-state index in [4.69, 9.17) is 16.3 Å². The highest BCUT2D eigenvalue weighted by Gasteiger charge is 2.10. The Labute approximate surface area is 88.7 Å². The van der Waals surface area contributed by atoms with Gasteiger partial charge in [-0.1, -0.05) is 18.5 Å². The number of ether oxygens (including phenoxy) is 1. The van der Waals surface area contributed by atoms with Gasteiger partial charge in [0.15, 0.2) is 0 Å². The lowest BCUT2D eigenvalue weighted by molar-refractivity contribution is 0.0364. The van der Waals surface area contributed by atoms with Crippen molar-refractivity contribution >= 4 is 11.6 Å². The summed E-state index contributed by atoms with van der Waals surface area (Å²) in [5.41, 5.74) is 0.665. The van der Waals surface area contributed by atoms with Gasteiger partial charge in [-0.05, 0) is 12.5 Å². The molecule has 0 fully saturated rings. The molecular weight excluding hydrogens is 202 g/mol. The van der Waals surface area contributed by atoms with Crippen LogP contribution in [0.5, 0.6) is 0 Å². The molecule has 0 radical (unpaired) electrons. The van der Waals surface area contributed by atoms with Crippen LogP contribution in [0.15, 0.2) is 18.5 Å². The minimum Gasteiger partial charge on any atom is -0.386 e. The van der Waals surface area contributed by atoms with E-state index in [2.05, 4.69) is 4.98 Å². The summed E-state index contributed by atoms with van der Waals surface area (Å²) in [6.45, 7) is 2.95. The number of rotatable bonds is 5. The molecule has 1 aromatic rings. The van der Waals surface area contributed by atoms with E-state index >= 15 is 0 Å². The lowest BCUT2D eigenvalue weighted by Crippen LogP contribution is -2.08. The molecule has 14 heavy (non-hydrogen) atoms. The van der Waals surface area contributed by atoms with Crippen molar-refractivity contribution in [2.75, 3.05) is 13.2 Å². The minimum atomic E-state index is -0.669. The highest BCUT2D eigenvalue weighted by atomic mass is 35.5. The maximum Gasteiger partial charge on any atom is 0.104 e. The van der Waals surface area contributed by atoms with Gasteiger partial charge >= 0.3 is 0 Å². The lowest BCUT2D eigenvalue weighted by atomic mass is 10.1. The van der Waals surface area contributed by atoms with E-state index in [9.17, 15) is 5.11 Å². The Morgan fingerprint density at radius 1 is 1.64 bits per heavy atom. The van der Waals surface area contributed by atoms with E-state index in [-0.39, 0.29) is 6.61 Å². The fourth-order valence-electron chi connectivity index (χ4n) is 1.09. The fourth-order valence-corrected chi connectivity index (χ4v) is 1.33. The molecule has 0 aliphatic carbocycles. The van der Waals surface area contributed by atoms with Crippen LogP contribution in [0.2, 0.25) is 5.02 Å². The lowest BCUT2D eigenvalue weighted by Gasteiger charge is -2.12. The van der Waals surface area contributed by atoms with Gasteiger partial charge in [0.05, 0.1) is 11.6 Å². The molecule has 1 rings (SSSR count). The van der Waals surface area contributed by atoms with Gasteiger partial charge in [0.1, 0.15) is 6.10 Å². The summed E-state index contributed by atoms with van der Waals surface area (Å²) < 4.78 is 5.22. The zero-order chi connectivity index (χ0) is 10.4. The number of halogens is 1. The fraction of sp³-hybridized carbons (Fsp3) is 0.500. The van der Waals surface area contributed by atoms with E-state index in [1.54, 1.807) is 12.3 Å². The van der Waals surface area contributed by atoms with Gasteiger partial charge in [-0.2, -0.15) is 0 Å². The van der Waals surface area contributed by atoms with Crippen molar-refractivity contribution < 1.29 is 9.84 Å². The number of pyridine rings is 1. The standard InChI is InChI=1S/C10H14ClNO2/c1-2-5-14-7-10(13)8-3-4-12-6-9(8)11/h3-4,6,10,13H,2,5,7H2,1H3. The summed E-state index contributed by atoms with van der Waals surface area (Å²) in [5, 5.41) is 10.2. The average molecular weight is 216 g/mol. The monoisotopic (exact) mass is 215 g/mol. The van der Waals surface area contributed by atoms with Crippen molar-refractivity contribution in [1.29, 1.82) is 0 Å². The van der Waals surface area contributed by atoms with Crippen LogP contribution in [0, 0.1) is 0 Å². The van der Waals surface area contributed by atoms with Crippen LogP contribution in [0.1, 0.15) is 25.0 Å². The quantitative estimate of drug-likeness (QED) is 0.766. The first-order valence-corrected chi connectivity index (χ1v) is 4.98. The summed E-state index contributed by atoms with van der Waals surface area (Å²) in [5.74, 6) is 0. The third-order valence-electron chi connectivity index (χ3n) is 1.79. The van der Waals surface area contributed by atoms with E-state index in [1.807, 2.05) is 6.92 Å². The highest BCUT2D eigenvalue weighted by Crippen LogP contribution is 2.21. The van der Waals surface area contributed by atoms with Crippen molar-refractivity contribution in [2.45, 2.75) is 19.4 Å². The van der Waals surface area contributed by atoms with Crippen LogP contribution in [0.4, 0.5) is 0 Å². The molecule has 0 saturated carbocycles. The second-order valence-corrected chi connectivity index (χ2v) is 3.40. The number of hydrogen-bond acceptors (Lipinski definition) is 3. The second kappa shape index (κ2) is 5.96. The molecule has 0 aromatic carbocycles. The number of nitrogens with zero attached hydrogens (tertiary/aromatic N) is 1. The normalized spacial score (nSPS) is 12.8. The first-order chi connectivity index (χ1) is 6.75. The molecule has 1 aromatic heterocycles. The molecule has 0 bridgehead atoms. The summed E-state index contributed by atoms with van der Waals surface area (Å²) in [6, 6.07) is 1.70. The molecule has 1 atom stereocenters. The van der Waals surface area contributed by atoms with Crippen LogP contribution in [0.3, 0.4) is 0 Å². The van der Waals surface area contributed by atoms with Crippen molar-refractivity contribution in [3.8, 4) is 0 Å². The Balaban J connectivity index is 2.51. The molecule has 1 unspecified atom stereocenters. The smallest absolute Gasteiger partial charge is 0.104 e. The van der Waals surface area contributed by atoms with Crippen molar-refractivity contribution in [1.82, 2.24) is 4.98 Å². The van der Waals surface area contributed by atoms with Gasteiger partial charge in [0.2, 0.25) is 0 Å². The molecule has 3 nitrogen and oxygen atoms in total. The topological polar surface area (TPSA) is 42.4 Å². The summed E-state index contributed by atoms with van der Waals surface area (Å²) in [7, 11) is 0. The van der Waals surface area contributed by atoms with Crippen LogP contribution in [0.25, 0.3) is 0 Å². The third kappa shape index (κ3) is 3.25. The maximum atomic E-state index is 9.69. The minimum absolute atomic E-state index is 0.275. The Bertz CT molecular complexity index is 281. The molecule has 0 spiro atoms. The zero-order valence-electron chi connectivity index (χ0n) is 8.11. The molecule has 78 valence electrons. The number of aliphatic hydroxyl groups is 1. The molecule has 1 N–H and O–H groups in total. The zero-order valence-corrected chi connectivity index (χ0v) is 8.87. The van der Waals surface area contributed by atoms with Crippen LogP contribution in [-0.4, -0.2) is 23.3 Å². The largest absolute Gasteiger partial charge is 0.386 e. The first kappa shape index (κ1) is 11.4. The molecule has 0 aliphatic rings. The van der Waals surface area contributed by atoms with Crippen molar-refractivity contribution in [2.24, 2.45) is 0 Å². The van der Waals surface area contributed by atoms with Gasteiger partial charge < -0.3 is 9.84 Å². The molecule has 1 heterocycles. The number of aliphatic hydroxyl groups excluding tert-OH is 1. The third-order valence-corrected chi connectivity index (χ3v) is 2.10. The van der Waals surface area contributed by atoms with Crippen LogP contribution >= 0.6 is 11.6 Å². The van der Waals surface area contributed by atoms with Gasteiger partial charge in [-0.15, -0.1) is 0 Å². The van der Waals surface area contributed by atoms with E-state index in [1.165, 1.54) is 6.20 Å². The highest BCUT2D eigenvalue weighted by molar-refractivity contribution is 6.31. The van der Waals surface area contributed by atoms with Crippen LogP contribution in [-0.2, 0) is 4.74 Å². The molecule has 0 saturated heterocycles.